The molecule has 2 rings (SSSR count). The van der Waals surface area contributed by atoms with Gasteiger partial charge in [-0.2, -0.15) is 18.3 Å². The minimum absolute atomic E-state index is 0.196. The first kappa shape index (κ1) is 16.6. The highest BCUT2D eigenvalue weighted by Crippen LogP contribution is 2.30. The summed E-state index contributed by atoms with van der Waals surface area (Å²) in [6.07, 6.45) is -2.95. The van der Waals surface area contributed by atoms with E-state index >= 15 is 0 Å². The molecule has 0 unspecified atom stereocenters. The van der Waals surface area contributed by atoms with Crippen molar-refractivity contribution in [3.8, 4) is 0 Å². The lowest BCUT2D eigenvalue weighted by atomic mass is 10.2. The van der Waals surface area contributed by atoms with Crippen LogP contribution in [0, 0.1) is 0 Å². The summed E-state index contributed by atoms with van der Waals surface area (Å²) in [7, 11) is 0. The van der Waals surface area contributed by atoms with Gasteiger partial charge in [0, 0.05) is 5.69 Å². The third-order valence-corrected chi connectivity index (χ3v) is 2.87. The largest absolute Gasteiger partial charge is 0.463 e. The Morgan fingerprint density at radius 1 is 1.26 bits per heavy atom. The molecule has 8 heteroatoms. The molecule has 1 amide bonds. The maximum absolute atomic E-state index is 12.6. The summed E-state index contributed by atoms with van der Waals surface area (Å²) in [5.41, 5.74) is 2.18. The number of carbonyl (C=O) groups is 1. The fourth-order valence-corrected chi connectivity index (χ4v) is 1.71. The van der Waals surface area contributed by atoms with Crippen LogP contribution >= 0.6 is 0 Å². The molecule has 0 atom stereocenters. The second-order valence-electron chi connectivity index (χ2n) is 4.64. The van der Waals surface area contributed by atoms with E-state index in [9.17, 15) is 18.0 Å². The minimum Gasteiger partial charge on any atom is -0.463 e. The van der Waals surface area contributed by atoms with Gasteiger partial charge in [0.25, 0.3) is 5.91 Å². The molecule has 1 aromatic heterocycles. The molecule has 0 aliphatic rings. The third-order valence-electron chi connectivity index (χ3n) is 2.87. The lowest BCUT2D eigenvalue weighted by molar-refractivity contribution is -0.137. The average molecular weight is 325 g/mol. The first-order valence-electron chi connectivity index (χ1n) is 6.64. The number of benzene rings is 1. The van der Waals surface area contributed by atoms with Crippen LogP contribution in [-0.2, 0) is 11.0 Å². The lowest BCUT2D eigenvalue weighted by Crippen LogP contribution is -2.26. The van der Waals surface area contributed by atoms with E-state index in [1.54, 1.807) is 19.1 Å². The molecule has 0 aliphatic heterocycles. The maximum Gasteiger partial charge on any atom is 0.416 e. The van der Waals surface area contributed by atoms with Gasteiger partial charge in [-0.05, 0) is 37.3 Å². The molecule has 1 heterocycles. The summed E-state index contributed by atoms with van der Waals surface area (Å²) in [6, 6.07) is 7.98. The number of alkyl halides is 3. The summed E-state index contributed by atoms with van der Waals surface area (Å²) < 4.78 is 42.8. The van der Waals surface area contributed by atoms with Gasteiger partial charge in [0.2, 0.25) is 0 Å². The van der Waals surface area contributed by atoms with Gasteiger partial charge in [-0.25, -0.2) is 5.43 Å². The molecule has 0 saturated heterocycles. The van der Waals surface area contributed by atoms with Crippen LogP contribution in [0.4, 0.5) is 18.9 Å². The molecule has 0 fully saturated rings. The zero-order chi connectivity index (χ0) is 16.9. The van der Waals surface area contributed by atoms with E-state index in [-0.39, 0.29) is 12.2 Å². The minimum atomic E-state index is -4.43. The van der Waals surface area contributed by atoms with Crippen molar-refractivity contribution in [1.29, 1.82) is 0 Å². The van der Waals surface area contributed by atoms with Gasteiger partial charge >= 0.3 is 6.18 Å². The van der Waals surface area contributed by atoms with Gasteiger partial charge in [-0.3, -0.25) is 4.79 Å². The number of hydrazone groups is 1. The van der Waals surface area contributed by atoms with Gasteiger partial charge in [-0.15, -0.1) is 0 Å². The second-order valence-corrected chi connectivity index (χ2v) is 4.64. The zero-order valence-corrected chi connectivity index (χ0v) is 12.1. The molecule has 0 bridgehead atoms. The topological polar surface area (TPSA) is 66.6 Å². The number of anilines is 1. The molecule has 122 valence electrons. The van der Waals surface area contributed by atoms with Gasteiger partial charge in [-0.1, -0.05) is 6.07 Å². The molecule has 0 spiro atoms. The van der Waals surface area contributed by atoms with Crippen LogP contribution in [-0.4, -0.2) is 18.2 Å². The standard InChI is InChI=1S/C15H14F3N3O2/c1-10(13-6-3-7-23-13)20-21-14(22)9-19-12-5-2-4-11(8-12)15(16,17)18/h2-8,19H,9H2,1H3,(H,21,22)/b20-10-. The molecular formula is C15H14F3N3O2. The van der Waals surface area contributed by atoms with Crippen molar-refractivity contribution >= 4 is 17.3 Å². The number of rotatable bonds is 5. The summed E-state index contributed by atoms with van der Waals surface area (Å²) in [6.45, 7) is 1.44. The summed E-state index contributed by atoms with van der Waals surface area (Å²) in [4.78, 5) is 11.6. The van der Waals surface area contributed by atoms with Crippen molar-refractivity contribution in [2.24, 2.45) is 5.10 Å². The average Bonchev–Trinajstić information content (AvgIpc) is 3.04. The zero-order valence-electron chi connectivity index (χ0n) is 12.1. The van der Waals surface area contributed by atoms with Crippen LogP contribution < -0.4 is 10.7 Å². The Morgan fingerprint density at radius 3 is 2.70 bits per heavy atom. The number of carbonyl (C=O) groups excluding carboxylic acids is 1. The third kappa shape index (κ3) is 4.87. The Hall–Kier alpha value is -2.77. The van der Waals surface area contributed by atoms with Crippen LogP contribution in [0.1, 0.15) is 18.2 Å². The van der Waals surface area contributed by atoms with Crippen molar-refractivity contribution in [1.82, 2.24) is 5.43 Å². The van der Waals surface area contributed by atoms with E-state index in [2.05, 4.69) is 15.8 Å². The van der Waals surface area contributed by atoms with E-state index in [0.29, 0.717) is 11.5 Å². The molecule has 2 N–H and O–H groups in total. The van der Waals surface area contributed by atoms with Crippen molar-refractivity contribution < 1.29 is 22.4 Å². The van der Waals surface area contributed by atoms with Gasteiger partial charge in [0.15, 0.2) is 0 Å². The van der Waals surface area contributed by atoms with E-state index in [1.165, 1.54) is 18.4 Å². The first-order chi connectivity index (χ1) is 10.9. The molecule has 0 radical (unpaired) electrons. The fraction of sp³-hybridized carbons (Fsp3) is 0.200. The number of hydrogen-bond acceptors (Lipinski definition) is 4. The van der Waals surface area contributed by atoms with Crippen LogP contribution in [0.25, 0.3) is 0 Å². The van der Waals surface area contributed by atoms with E-state index in [4.69, 9.17) is 4.42 Å². The monoisotopic (exact) mass is 325 g/mol. The predicted molar refractivity (Wildman–Crippen MR) is 79.0 cm³/mol. The summed E-state index contributed by atoms with van der Waals surface area (Å²) in [5, 5.41) is 6.45. The highest BCUT2D eigenvalue weighted by Gasteiger charge is 2.30. The van der Waals surface area contributed by atoms with Crippen LogP contribution in [0.15, 0.2) is 52.2 Å². The summed E-state index contributed by atoms with van der Waals surface area (Å²) in [5.74, 6) is 0.0180. The Balaban J connectivity index is 1.89. The molecule has 0 aliphatic carbocycles. The van der Waals surface area contributed by atoms with Gasteiger partial charge in [0.05, 0.1) is 18.4 Å². The molecule has 5 nitrogen and oxygen atoms in total. The first-order valence-corrected chi connectivity index (χ1v) is 6.64. The maximum atomic E-state index is 12.6. The Kier molecular flexibility index (Phi) is 5.05. The predicted octanol–water partition coefficient (Wildman–Crippen LogP) is 3.25. The van der Waals surface area contributed by atoms with Crippen molar-refractivity contribution in [3.05, 3.63) is 54.0 Å². The normalized spacial score (nSPS) is 12.1. The molecule has 0 saturated carbocycles. The molecule has 1 aromatic carbocycles. The molecular weight excluding hydrogens is 311 g/mol. The smallest absolute Gasteiger partial charge is 0.416 e. The van der Waals surface area contributed by atoms with Crippen LogP contribution in [0.2, 0.25) is 0 Å². The second kappa shape index (κ2) is 6.99. The Bertz CT molecular complexity index is 694. The fourth-order valence-electron chi connectivity index (χ4n) is 1.71. The summed E-state index contributed by atoms with van der Waals surface area (Å²) >= 11 is 0. The molecule has 23 heavy (non-hydrogen) atoms. The quantitative estimate of drug-likeness (QED) is 0.655. The number of nitrogens with one attached hydrogen (secondary N) is 2. The van der Waals surface area contributed by atoms with Crippen molar-refractivity contribution in [2.75, 3.05) is 11.9 Å². The lowest BCUT2D eigenvalue weighted by Gasteiger charge is -2.10. The number of hydrogen-bond donors (Lipinski definition) is 2. The number of halogens is 3. The van der Waals surface area contributed by atoms with Crippen LogP contribution in [0.5, 0.6) is 0 Å². The highest BCUT2D eigenvalue weighted by atomic mass is 19.4. The molecule has 2 aromatic rings. The number of amides is 1. The van der Waals surface area contributed by atoms with Crippen molar-refractivity contribution in [3.63, 3.8) is 0 Å². The highest BCUT2D eigenvalue weighted by molar-refractivity contribution is 5.96. The van der Waals surface area contributed by atoms with Gasteiger partial charge < -0.3 is 9.73 Å². The Morgan fingerprint density at radius 2 is 2.04 bits per heavy atom. The SMILES string of the molecule is C/C(=N/NC(=O)CNc1cccc(C(F)(F)F)c1)c1ccco1. The van der Waals surface area contributed by atoms with E-state index in [1.807, 2.05) is 0 Å². The van der Waals surface area contributed by atoms with E-state index < -0.39 is 17.6 Å². The van der Waals surface area contributed by atoms with Crippen LogP contribution in [0.3, 0.4) is 0 Å². The van der Waals surface area contributed by atoms with Gasteiger partial charge in [0.1, 0.15) is 11.5 Å². The Labute approximate surface area is 130 Å². The van der Waals surface area contributed by atoms with Crippen molar-refractivity contribution in [2.45, 2.75) is 13.1 Å². The number of furan rings is 1. The van der Waals surface area contributed by atoms with E-state index in [0.717, 1.165) is 12.1 Å². The number of nitrogens with zero attached hydrogens (tertiary/aromatic N) is 1.